The number of hydrogen-bond acceptors (Lipinski definition) is 4. The van der Waals surface area contributed by atoms with Gasteiger partial charge in [-0.05, 0) is 19.8 Å². The Morgan fingerprint density at radius 2 is 2.00 bits per heavy atom. The second kappa shape index (κ2) is 4.93. The Morgan fingerprint density at radius 3 is 2.36 bits per heavy atom. The molecule has 0 bridgehead atoms. The minimum atomic E-state index is -3.11. The summed E-state index contributed by atoms with van der Waals surface area (Å²) in [4.78, 5) is 0. The first kappa shape index (κ1) is 13.6. The molecule has 0 aromatic rings. The summed E-state index contributed by atoms with van der Waals surface area (Å²) in [6.45, 7) is 8.78. The van der Waals surface area contributed by atoms with Crippen LogP contribution in [0.5, 0.6) is 0 Å². The molecule has 1 unspecified atom stereocenters. The largest absolute Gasteiger partial charge is 0.329 e. The first-order chi connectivity index (χ1) is 6.18. The molecule has 0 aliphatic heterocycles. The van der Waals surface area contributed by atoms with E-state index in [1.54, 1.807) is 13.8 Å². The minimum Gasteiger partial charge on any atom is -0.308 e. The van der Waals surface area contributed by atoms with Crippen molar-refractivity contribution in [3.63, 3.8) is 0 Å². The fourth-order valence-corrected chi connectivity index (χ4v) is 2.24. The first-order valence-corrected chi connectivity index (χ1v) is 6.51. The van der Waals surface area contributed by atoms with Gasteiger partial charge in [0.2, 0.25) is 0 Å². The van der Waals surface area contributed by atoms with Gasteiger partial charge in [-0.15, -0.1) is 0 Å². The summed E-state index contributed by atoms with van der Waals surface area (Å²) in [5.41, 5.74) is -1.07. The highest BCUT2D eigenvalue weighted by molar-refractivity contribution is 7.53. The van der Waals surface area contributed by atoms with E-state index in [0.717, 1.165) is 0 Å². The Hall–Kier alpha value is -0.360. The van der Waals surface area contributed by atoms with Crippen molar-refractivity contribution in [3.8, 4) is 6.07 Å². The lowest BCUT2D eigenvalue weighted by Crippen LogP contribution is -2.20. The average molecular weight is 219 g/mol. The average Bonchev–Trinajstić information content (AvgIpc) is 1.99. The molecule has 0 aromatic heterocycles. The normalized spacial score (nSPS) is 16.4. The molecule has 0 aliphatic rings. The molecule has 0 saturated heterocycles. The maximum atomic E-state index is 11.7. The third-order valence-corrected chi connectivity index (χ3v) is 2.71. The molecule has 0 radical (unpaired) electrons. The highest BCUT2D eigenvalue weighted by Gasteiger charge is 2.29. The van der Waals surface area contributed by atoms with Gasteiger partial charge < -0.3 is 4.52 Å². The van der Waals surface area contributed by atoms with Crippen LogP contribution in [-0.4, -0.2) is 18.9 Å². The number of rotatable bonds is 5. The van der Waals surface area contributed by atoms with Crippen molar-refractivity contribution in [3.05, 3.63) is 0 Å². The number of nitriles is 1. The highest BCUT2D eigenvalue weighted by Crippen LogP contribution is 2.47. The number of nitrogens with zero attached hydrogens (tertiary/aromatic N) is 1. The maximum Gasteiger partial charge on any atom is 0.329 e. The van der Waals surface area contributed by atoms with E-state index in [1.807, 2.05) is 19.9 Å². The molecule has 0 aromatic carbocycles. The third-order valence-electron chi connectivity index (χ3n) is 1.31. The molecule has 82 valence electrons. The lowest BCUT2D eigenvalue weighted by molar-refractivity contribution is 0.119. The van der Waals surface area contributed by atoms with E-state index in [4.69, 9.17) is 14.3 Å². The molecule has 0 amide bonds. The van der Waals surface area contributed by atoms with Crippen molar-refractivity contribution >= 4 is 7.60 Å². The van der Waals surface area contributed by atoms with E-state index in [9.17, 15) is 4.57 Å². The Bertz CT molecular complexity index is 268. The fraction of sp³-hybridized carbons (Fsp3) is 0.889. The Labute approximate surface area is 85.7 Å². The molecule has 0 spiro atoms. The van der Waals surface area contributed by atoms with E-state index in [-0.39, 0.29) is 5.92 Å². The SMILES string of the molecule is CC(C)COP(C)(=O)OC(C)(C)C#N. The zero-order valence-electron chi connectivity index (χ0n) is 9.40. The van der Waals surface area contributed by atoms with Gasteiger partial charge in [0, 0.05) is 6.66 Å². The lowest BCUT2D eigenvalue weighted by atomic mass is 10.2. The van der Waals surface area contributed by atoms with E-state index in [0.29, 0.717) is 6.61 Å². The summed E-state index contributed by atoms with van der Waals surface area (Å²) >= 11 is 0. The Kier molecular flexibility index (Phi) is 4.80. The molecule has 0 heterocycles. The summed E-state index contributed by atoms with van der Waals surface area (Å²) in [6.07, 6.45) is 0. The monoisotopic (exact) mass is 219 g/mol. The Balaban J connectivity index is 4.23. The van der Waals surface area contributed by atoms with Crippen molar-refractivity contribution in [2.75, 3.05) is 13.3 Å². The quantitative estimate of drug-likeness (QED) is 0.667. The molecule has 0 aliphatic carbocycles. The van der Waals surface area contributed by atoms with Gasteiger partial charge in [-0.2, -0.15) is 5.26 Å². The van der Waals surface area contributed by atoms with Crippen molar-refractivity contribution in [2.24, 2.45) is 5.92 Å². The van der Waals surface area contributed by atoms with Gasteiger partial charge in [0.15, 0.2) is 5.60 Å². The minimum absolute atomic E-state index is 0.289. The second-order valence-corrected chi connectivity index (χ2v) is 6.16. The summed E-state index contributed by atoms with van der Waals surface area (Å²) in [5, 5.41) is 8.68. The smallest absolute Gasteiger partial charge is 0.308 e. The molecule has 14 heavy (non-hydrogen) atoms. The summed E-state index contributed by atoms with van der Waals surface area (Å²) < 4.78 is 21.9. The standard InChI is InChI=1S/C9H18NO3P/c1-8(2)6-12-14(5,11)13-9(3,4)7-10/h8H,6H2,1-5H3. The molecule has 4 nitrogen and oxygen atoms in total. The van der Waals surface area contributed by atoms with Gasteiger partial charge in [0.1, 0.15) is 0 Å². The molecule has 0 fully saturated rings. The molecular weight excluding hydrogens is 201 g/mol. The van der Waals surface area contributed by atoms with Gasteiger partial charge in [-0.3, -0.25) is 9.09 Å². The van der Waals surface area contributed by atoms with Crippen LogP contribution in [0.15, 0.2) is 0 Å². The highest BCUT2D eigenvalue weighted by atomic mass is 31.2. The summed E-state index contributed by atoms with van der Waals surface area (Å²) in [5.74, 6) is 0.289. The van der Waals surface area contributed by atoms with Gasteiger partial charge >= 0.3 is 7.60 Å². The van der Waals surface area contributed by atoms with Crippen LogP contribution in [0.1, 0.15) is 27.7 Å². The van der Waals surface area contributed by atoms with Crippen molar-refractivity contribution in [1.29, 1.82) is 5.26 Å². The van der Waals surface area contributed by atoms with E-state index in [1.165, 1.54) is 6.66 Å². The van der Waals surface area contributed by atoms with Crippen molar-refractivity contribution in [2.45, 2.75) is 33.3 Å². The van der Waals surface area contributed by atoms with Crippen LogP contribution in [0.4, 0.5) is 0 Å². The second-order valence-electron chi connectivity index (χ2n) is 4.17. The topological polar surface area (TPSA) is 59.3 Å². The van der Waals surface area contributed by atoms with Crippen molar-refractivity contribution < 1.29 is 13.6 Å². The zero-order valence-corrected chi connectivity index (χ0v) is 10.3. The molecule has 1 atom stereocenters. The lowest BCUT2D eigenvalue weighted by Gasteiger charge is -2.22. The van der Waals surface area contributed by atoms with Gasteiger partial charge in [-0.1, -0.05) is 13.8 Å². The van der Waals surface area contributed by atoms with E-state index < -0.39 is 13.2 Å². The number of hydrogen-bond donors (Lipinski definition) is 0. The van der Waals surface area contributed by atoms with Crippen LogP contribution in [-0.2, 0) is 13.6 Å². The van der Waals surface area contributed by atoms with Gasteiger partial charge in [0.05, 0.1) is 12.7 Å². The maximum absolute atomic E-state index is 11.7. The van der Waals surface area contributed by atoms with Gasteiger partial charge in [0.25, 0.3) is 0 Å². The summed E-state index contributed by atoms with van der Waals surface area (Å²) in [7, 11) is -3.11. The molecule has 5 heteroatoms. The fourth-order valence-electron chi connectivity index (χ4n) is 0.746. The van der Waals surface area contributed by atoms with Crippen LogP contribution in [0.25, 0.3) is 0 Å². The third kappa shape index (κ3) is 6.15. The molecular formula is C9H18NO3P. The molecule has 0 saturated carbocycles. The predicted molar refractivity (Wildman–Crippen MR) is 55.1 cm³/mol. The molecule has 0 rings (SSSR count). The Morgan fingerprint density at radius 1 is 1.50 bits per heavy atom. The van der Waals surface area contributed by atoms with Crippen molar-refractivity contribution in [1.82, 2.24) is 0 Å². The summed E-state index contributed by atoms with van der Waals surface area (Å²) in [6, 6.07) is 1.91. The van der Waals surface area contributed by atoms with Crippen LogP contribution in [0.2, 0.25) is 0 Å². The van der Waals surface area contributed by atoms with Crippen LogP contribution in [0, 0.1) is 17.2 Å². The van der Waals surface area contributed by atoms with E-state index in [2.05, 4.69) is 0 Å². The molecule has 0 N–H and O–H groups in total. The van der Waals surface area contributed by atoms with Crippen LogP contribution >= 0.6 is 7.60 Å². The first-order valence-electron chi connectivity index (χ1n) is 4.52. The zero-order chi connectivity index (χ0) is 11.4. The van der Waals surface area contributed by atoms with E-state index >= 15 is 0 Å². The van der Waals surface area contributed by atoms with Gasteiger partial charge in [-0.25, -0.2) is 0 Å². The van der Waals surface area contributed by atoms with Crippen LogP contribution < -0.4 is 0 Å². The van der Waals surface area contributed by atoms with Crippen LogP contribution in [0.3, 0.4) is 0 Å². The predicted octanol–water partition coefficient (Wildman–Crippen LogP) is 2.80.